The Morgan fingerprint density at radius 2 is 2.16 bits per heavy atom. The molecule has 0 aliphatic heterocycles. The van der Waals surface area contributed by atoms with Crippen LogP contribution in [-0.4, -0.2) is 14.9 Å². The number of aromatic nitrogens is 2. The van der Waals surface area contributed by atoms with Crippen molar-refractivity contribution in [1.82, 2.24) is 9.97 Å². The van der Waals surface area contributed by atoms with Gasteiger partial charge in [-0.1, -0.05) is 17.7 Å². The third-order valence-electron chi connectivity index (χ3n) is 2.18. The Bertz CT molecular complexity index is 607. The second kappa shape index (κ2) is 5.94. The molecule has 0 spiro atoms. The van der Waals surface area contributed by atoms with E-state index in [1.165, 1.54) is 18.5 Å². The zero-order valence-corrected chi connectivity index (χ0v) is 11.8. The predicted molar refractivity (Wildman–Crippen MR) is 72.2 cm³/mol. The van der Waals surface area contributed by atoms with Gasteiger partial charge in [0.25, 0.3) is 0 Å². The van der Waals surface area contributed by atoms with Crippen LogP contribution in [0.1, 0.15) is 5.69 Å². The molecule has 1 heterocycles. The Hall–Kier alpha value is -1.73. The second-order valence-corrected chi connectivity index (χ2v) is 4.71. The molecule has 0 bridgehead atoms. The topological polar surface area (TPSA) is 78.2 Å². The van der Waals surface area contributed by atoms with Gasteiger partial charge in [0.15, 0.2) is 0 Å². The van der Waals surface area contributed by atoms with Gasteiger partial charge in [0.2, 0.25) is 5.75 Å². The van der Waals surface area contributed by atoms with E-state index >= 15 is 0 Å². The van der Waals surface area contributed by atoms with Gasteiger partial charge >= 0.3 is 5.69 Å². The minimum Gasteiger partial charge on any atom is -0.479 e. The van der Waals surface area contributed by atoms with Crippen LogP contribution in [-0.2, 0) is 6.61 Å². The largest absolute Gasteiger partial charge is 0.479 e. The molecule has 0 saturated heterocycles. The van der Waals surface area contributed by atoms with E-state index in [-0.39, 0.29) is 23.2 Å². The second-order valence-electron chi connectivity index (χ2n) is 3.46. The molecule has 0 aliphatic rings. The van der Waals surface area contributed by atoms with Crippen molar-refractivity contribution < 1.29 is 9.66 Å². The maximum atomic E-state index is 10.9. The van der Waals surface area contributed by atoms with E-state index in [0.29, 0.717) is 10.2 Å². The van der Waals surface area contributed by atoms with Crippen LogP contribution in [0.2, 0.25) is 5.15 Å². The molecule has 1 aromatic carbocycles. The SMILES string of the molecule is O=[N+]([O-])c1cccc(Br)c1OCc1cnc(Cl)cn1. The molecule has 0 atom stereocenters. The van der Waals surface area contributed by atoms with Crippen molar-refractivity contribution in [2.75, 3.05) is 0 Å². The summed E-state index contributed by atoms with van der Waals surface area (Å²) in [6.45, 7) is 0.0631. The van der Waals surface area contributed by atoms with E-state index < -0.39 is 4.92 Å². The molecular formula is C11H7BrClN3O3. The van der Waals surface area contributed by atoms with Crippen LogP contribution in [0.15, 0.2) is 35.1 Å². The van der Waals surface area contributed by atoms with Crippen molar-refractivity contribution in [3.8, 4) is 5.75 Å². The monoisotopic (exact) mass is 343 g/mol. The zero-order chi connectivity index (χ0) is 13.8. The van der Waals surface area contributed by atoms with Crippen LogP contribution < -0.4 is 4.74 Å². The summed E-state index contributed by atoms with van der Waals surface area (Å²) in [6.07, 6.45) is 2.83. The lowest BCUT2D eigenvalue weighted by molar-refractivity contribution is -0.386. The van der Waals surface area contributed by atoms with Crippen molar-refractivity contribution >= 4 is 33.2 Å². The summed E-state index contributed by atoms with van der Waals surface area (Å²) in [4.78, 5) is 18.2. The normalized spacial score (nSPS) is 10.2. The van der Waals surface area contributed by atoms with E-state index in [0.717, 1.165) is 0 Å². The van der Waals surface area contributed by atoms with Crippen LogP contribution in [0.4, 0.5) is 5.69 Å². The van der Waals surface area contributed by atoms with Gasteiger partial charge in [-0.05, 0) is 22.0 Å². The van der Waals surface area contributed by atoms with Crippen LogP contribution >= 0.6 is 27.5 Å². The van der Waals surface area contributed by atoms with Gasteiger partial charge in [0.1, 0.15) is 11.8 Å². The predicted octanol–water partition coefficient (Wildman–Crippen LogP) is 3.38. The molecule has 2 rings (SSSR count). The molecular weight excluding hydrogens is 337 g/mol. The number of halogens is 2. The number of rotatable bonds is 4. The number of hydrogen-bond donors (Lipinski definition) is 0. The molecule has 98 valence electrons. The summed E-state index contributed by atoms with van der Waals surface area (Å²) in [6, 6.07) is 4.60. The van der Waals surface area contributed by atoms with Crippen LogP contribution in [0.3, 0.4) is 0 Å². The molecule has 0 aliphatic carbocycles. The number of ether oxygens (including phenoxy) is 1. The van der Waals surface area contributed by atoms with Crippen molar-refractivity contribution in [3.05, 3.63) is 56.0 Å². The minimum atomic E-state index is -0.506. The number of benzene rings is 1. The summed E-state index contributed by atoms with van der Waals surface area (Å²) in [5, 5.41) is 11.2. The van der Waals surface area contributed by atoms with Gasteiger partial charge in [0.05, 0.1) is 27.5 Å². The molecule has 2 aromatic rings. The van der Waals surface area contributed by atoms with E-state index in [1.54, 1.807) is 12.1 Å². The highest BCUT2D eigenvalue weighted by Gasteiger charge is 2.18. The molecule has 0 fully saturated rings. The molecule has 0 N–H and O–H groups in total. The minimum absolute atomic E-state index is 0.0631. The number of hydrogen-bond acceptors (Lipinski definition) is 5. The third kappa shape index (κ3) is 3.39. The zero-order valence-electron chi connectivity index (χ0n) is 9.42. The first-order valence-electron chi connectivity index (χ1n) is 5.10. The fourth-order valence-corrected chi connectivity index (χ4v) is 1.91. The molecule has 0 radical (unpaired) electrons. The molecule has 1 aromatic heterocycles. The average Bonchev–Trinajstić information content (AvgIpc) is 2.39. The number of nitro benzene ring substituents is 1. The standard InChI is InChI=1S/C11H7BrClN3O3/c12-8-2-1-3-9(16(17)18)11(8)19-6-7-4-15-10(13)5-14-7/h1-5H,6H2. The van der Waals surface area contributed by atoms with Gasteiger partial charge in [-0.3, -0.25) is 15.1 Å². The lowest BCUT2D eigenvalue weighted by Gasteiger charge is -2.07. The smallest absolute Gasteiger partial charge is 0.312 e. The van der Waals surface area contributed by atoms with Gasteiger partial charge in [-0.15, -0.1) is 0 Å². The summed E-state index contributed by atoms with van der Waals surface area (Å²) in [5.74, 6) is 0.157. The Labute approximate surface area is 121 Å². The average molecular weight is 345 g/mol. The molecule has 19 heavy (non-hydrogen) atoms. The molecule has 0 saturated carbocycles. The van der Waals surface area contributed by atoms with Crippen LogP contribution in [0, 0.1) is 10.1 Å². The van der Waals surface area contributed by atoms with E-state index in [9.17, 15) is 10.1 Å². The Morgan fingerprint density at radius 1 is 1.37 bits per heavy atom. The number of nitro groups is 1. The molecule has 6 nitrogen and oxygen atoms in total. The van der Waals surface area contributed by atoms with Gasteiger partial charge in [0, 0.05) is 6.07 Å². The maximum Gasteiger partial charge on any atom is 0.312 e. The first kappa shape index (κ1) is 13.7. The van der Waals surface area contributed by atoms with Crippen molar-refractivity contribution in [2.24, 2.45) is 0 Å². The van der Waals surface area contributed by atoms with Crippen molar-refractivity contribution in [3.63, 3.8) is 0 Å². The number of nitrogens with zero attached hydrogens (tertiary/aromatic N) is 3. The molecule has 0 unspecified atom stereocenters. The first-order valence-corrected chi connectivity index (χ1v) is 6.27. The Morgan fingerprint density at radius 3 is 2.79 bits per heavy atom. The lowest BCUT2D eigenvalue weighted by atomic mass is 10.3. The molecule has 8 heteroatoms. The highest BCUT2D eigenvalue weighted by Crippen LogP contribution is 2.35. The fourth-order valence-electron chi connectivity index (χ4n) is 1.34. The highest BCUT2D eigenvalue weighted by molar-refractivity contribution is 9.10. The Balaban J connectivity index is 2.19. The van der Waals surface area contributed by atoms with Crippen LogP contribution in [0.5, 0.6) is 5.75 Å². The lowest BCUT2D eigenvalue weighted by Crippen LogP contribution is -2.02. The van der Waals surface area contributed by atoms with Gasteiger partial charge in [-0.25, -0.2) is 4.98 Å². The quantitative estimate of drug-likeness (QED) is 0.627. The van der Waals surface area contributed by atoms with E-state index in [4.69, 9.17) is 16.3 Å². The third-order valence-corrected chi connectivity index (χ3v) is 3.00. The summed E-state index contributed by atoms with van der Waals surface area (Å²) < 4.78 is 5.92. The summed E-state index contributed by atoms with van der Waals surface area (Å²) in [5.41, 5.74) is 0.408. The van der Waals surface area contributed by atoms with E-state index in [2.05, 4.69) is 25.9 Å². The van der Waals surface area contributed by atoms with E-state index in [1.807, 2.05) is 0 Å². The molecule has 0 amide bonds. The maximum absolute atomic E-state index is 10.9. The van der Waals surface area contributed by atoms with Crippen molar-refractivity contribution in [2.45, 2.75) is 6.61 Å². The van der Waals surface area contributed by atoms with Crippen LogP contribution in [0.25, 0.3) is 0 Å². The first-order chi connectivity index (χ1) is 9.08. The summed E-state index contributed by atoms with van der Waals surface area (Å²) in [7, 11) is 0. The Kier molecular flexibility index (Phi) is 4.28. The number of para-hydroxylation sites is 1. The fraction of sp³-hybridized carbons (Fsp3) is 0.0909. The van der Waals surface area contributed by atoms with Crippen molar-refractivity contribution in [1.29, 1.82) is 0 Å². The summed E-state index contributed by atoms with van der Waals surface area (Å²) >= 11 is 8.82. The van der Waals surface area contributed by atoms with Gasteiger partial charge < -0.3 is 4.74 Å². The highest BCUT2D eigenvalue weighted by atomic mass is 79.9. The van der Waals surface area contributed by atoms with Gasteiger partial charge in [-0.2, -0.15) is 0 Å².